The SMILES string of the molecule is CC1=C/C(=N\S(=O)(=O)c2c(C)cc(C)cc2C)C=CC1=O. The lowest BCUT2D eigenvalue weighted by molar-refractivity contribution is -0.111. The number of carbonyl (C=O) groups excluding carboxylic acids is 1. The third kappa shape index (κ3) is 3.19. The van der Waals surface area contributed by atoms with Crippen molar-refractivity contribution in [2.75, 3.05) is 0 Å². The Hall–Kier alpha value is -2.01. The highest BCUT2D eigenvalue weighted by Crippen LogP contribution is 2.24. The van der Waals surface area contributed by atoms with Gasteiger partial charge >= 0.3 is 0 Å². The molecule has 1 aromatic carbocycles. The monoisotopic (exact) mass is 303 g/mol. The zero-order valence-electron chi connectivity index (χ0n) is 12.5. The topological polar surface area (TPSA) is 63.6 Å². The number of nitrogens with zero attached hydrogens (tertiary/aromatic N) is 1. The molecule has 4 nitrogen and oxygen atoms in total. The number of allylic oxidation sites excluding steroid dienone is 4. The van der Waals surface area contributed by atoms with Crippen LogP contribution in [-0.2, 0) is 14.8 Å². The van der Waals surface area contributed by atoms with Crippen molar-refractivity contribution in [3.63, 3.8) is 0 Å². The standard InChI is InChI=1S/C16H17NO3S/c1-10-7-12(3)16(13(4)8-10)21(19,20)17-14-5-6-15(18)11(2)9-14/h5-9H,1-4H3/b17-14-. The molecule has 0 amide bonds. The summed E-state index contributed by atoms with van der Waals surface area (Å²) in [6, 6.07) is 3.64. The van der Waals surface area contributed by atoms with Gasteiger partial charge in [-0.1, -0.05) is 17.7 Å². The van der Waals surface area contributed by atoms with Crippen LogP contribution in [0.3, 0.4) is 0 Å². The van der Waals surface area contributed by atoms with E-state index in [9.17, 15) is 13.2 Å². The molecular formula is C16H17NO3S. The lowest BCUT2D eigenvalue weighted by atomic mass is 10.1. The molecule has 0 saturated carbocycles. The summed E-state index contributed by atoms with van der Waals surface area (Å²) in [5, 5.41) is 0. The predicted octanol–water partition coefficient (Wildman–Crippen LogP) is 2.83. The molecular weight excluding hydrogens is 286 g/mol. The maximum atomic E-state index is 12.5. The van der Waals surface area contributed by atoms with E-state index in [1.165, 1.54) is 18.2 Å². The lowest BCUT2D eigenvalue weighted by Gasteiger charge is -2.10. The molecule has 1 aliphatic rings. The van der Waals surface area contributed by atoms with Gasteiger partial charge in [0.1, 0.15) is 0 Å². The smallest absolute Gasteiger partial charge is 0.283 e. The molecule has 110 valence electrons. The fourth-order valence-corrected chi connectivity index (χ4v) is 3.86. The molecule has 0 unspecified atom stereocenters. The number of aryl methyl sites for hydroxylation is 3. The third-order valence-electron chi connectivity index (χ3n) is 3.25. The summed E-state index contributed by atoms with van der Waals surface area (Å²) in [4.78, 5) is 11.6. The summed E-state index contributed by atoms with van der Waals surface area (Å²) >= 11 is 0. The Labute approximate surface area is 125 Å². The van der Waals surface area contributed by atoms with Crippen LogP contribution >= 0.6 is 0 Å². The molecule has 0 spiro atoms. The fraction of sp³-hybridized carbons (Fsp3) is 0.250. The van der Waals surface area contributed by atoms with Gasteiger partial charge in [0.2, 0.25) is 0 Å². The van der Waals surface area contributed by atoms with E-state index in [4.69, 9.17) is 0 Å². The molecule has 0 bridgehead atoms. The van der Waals surface area contributed by atoms with Crippen molar-refractivity contribution in [1.29, 1.82) is 0 Å². The largest absolute Gasteiger partial charge is 0.290 e. The van der Waals surface area contributed by atoms with Gasteiger partial charge in [0.15, 0.2) is 5.78 Å². The van der Waals surface area contributed by atoms with E-state index in [0.29, 0.717) is 16.7 Å². The first-order chi connectivity index (χ1) is 9.70. The van der Waals surface area contributed by atoms with Gasteiger partial charge in [0.05, 0.1) is 10.6 Å². The Kier molecular flexibility index (Phi) is 3.96. The van der Waals surface area contributed by atoms with E-state index in [-0.39, 0.29) is 16.4 Å². The number of ketones is 1. The number of hydrogen-bond acceptors (Lipinski definition) is 3. The van der Waals surface area contributed by atoms with Gasteiger partial charge in [-0.15, -0.1) is 0 Å². The van der Waals surface area contributed by atoms with Crippen LogP contribution in [0.25, 0.3) is 0 Å². The van der Waals surface area contributed by atoms with Gasteiger partial charge in [-0.3, -0.25) is 4.79 Å². The molecule has 5 heteroatoms. The van der Waals surface area contributed by atoms with Crippen LogP contribution in [0.5, 0.6) is 0 Å². The molecule has 0 radical (unpaired) electrons. The molecule has 0 atom stereocenters. The Morgan fingerprint density at radius 2 is 1.52 bits per heavy atom. The summed E-state index contributed by atoms with van der Waals surface area (Å²) < 4.78 is 28.9. The zero-order valence-corrected chi connectivity index (χ0v) is 13.3. The number of rotatable bonds is 2. The zero-order chi connectivity index (χ0) is 15.8. The van der Waals surface area contributed by atoms with Crippen LogP contribution in [0, 0.1) is 20.8 Å². The van der Waals surface area contributed by atoms with E-state index in [1.807, 2.05) is 19.1 Å². The van der Waals surface area contributed by atoms with Crippen molar-refractivity contribution < 1.29 is 13.2 Å². The molecule has 2 rings (SSSR count). The van der Waals surface area contributed by atoms with Crippen molar-refractivity contribution in [2.45, 2.75) is 32.6 Å². The number of hydrogen-bond donors (Lipinski definition) is 0. The highest BCUT2D eigenvalue weighted by Gasteiger charge is 2.20. The Balaban J connectivity index is 2.55. The highest BCUT2D eigenvalue weighted by atomic mass is 32.2. The molecule has 0 N–H and O–H groups in total. The molecule has 0 aliphatic heterocycles. The van der Waals surface area contributed by atoms with E-state index >= 15 is 0 Å². The normalized spacial score (nSPS) is 17.2. The van der Waals surface area contributed by atoms with Gasteiger partial charge in [-0.05, 0) is 62.6 Å². The lowest BCUT2D eigenvalue weighted by Crippen LogP contribution is -2.09. The Bertz CT molecular complexity index is 789. The van der Waals surface area contributed by atoms with Crippen molar-refractivity contribution >= 4 is 21.5 Å². The Morgan fingerprint density at radius 3 is 2.05 bits per heavy atom. The van der Waals surface area contributed by atoms with Crippen molar-refractivity contribution in [3.8, 4) is 0 Å². The maximum Gasteiger partial charge on any atom is 0.283 e. The summed E-state index contributed by atoms with van der Waals surface area (Å²) in [5.41, 5.74) is 3.10. The second-order valence-electron chi connectivity index (χ2n) is 5.24. The molecule has 0 heterocycles. The second kappa shape index (κ2) is 5.41. The first-order valence-electron chi connectivity index (χ1n) is 6.54. The minimum Gasteiger partial charge on any atom is -0.290 e. The van der Waals surface area contributed by atoms with Gasteiger partial charge in [0.25, 0.3) is 10.0 Å². The first-order valence-corrected chi connectivity index (χ1v) is 7.98. The average Bonchev–Trinajstić information content (AvgIpc) is 2.31. The second-order valence-corrected chi connectivity index (χ2v) is 6.78. The highest BCUT2D eigenvalue weighted by molar-refractivity contribution is 7.90. The van der Waals surface area contributed by atoms with E-state index in [2.05, 4.69) is 4.40 Å². The van der Waals surface area contributed by atoms with Crippen molar-refractivity contribution in [3.05, 3.63) is 52.6 Å². The molecule has 0 fully saturated rings. The van der Waals surface area contributed by atoms with Crippen LogP contribution < -0.4 is 0 Å². The Morgan fingerprint density at radius 1 is 0.952 bits per heavy atom. The summed E-state index contributed by atoms with van der Waals surface area (Å²) in [5.74, 6) is -0.131. The third-order valence-corrected chi connectivity index (χ3v) is 4.86. The quantitative estimate of drug-likeness (QED) is 0.789. The summed E-state index contributed by atoms with van der Waals surface area (Å²) in [6.45, 7) is 7.07. The minimum atomic E-state index is -3.80. The van der Waals surface area contributed by atoms with Crippen LogP contribution in [0.4, 0.5) is 0 Å². The van der Waals surface area contributed by atoms with Crippen LogP contribution in [-0.4, -0.2) is 19.9 Å². The summed E-state index contributed by atoms with van der Waals surface area (Å²) in [6.07, 6.45) is 4.24. The van der Waals surface area contributed by atoms with Crippen LogP contribution in [0.1, 0.15) is 23.6 Å². The van der Waals surface area contributed by atoms with Crippen molar-refractivity contribution in [2.24, 2.45) is 4.40 Å². The number of sulfonamides is 1. The van der Waals surface area contributed by atoms with Gasteiger partial charge in [-0.2, -0.15) is 12.8 Å². The van der Waals surface area contributed by atoms with Crippen LogP contribution in [0.15, 0.2) is 45.2 Å². The molecule has 1 aliphatic carbocycles. The maximum absolute atomic E-state index is 12.5. The molecule has 21 heavy (non-hydrogen) atoms. The minimum absolute atomic E-state index is 0.131. The molecule has 1 aromatic rings. The molecule has 0 saturated heterocycles. The average molecular weight is 303 g/mol. The van der Waals surface area contributed by atoms with Crippen LogP contribution in [0.2, 0.25) is 0 Å². The van der Waals surface area contributed by atoms with E-state index in [0.717, 1.165) is 5.56 Å². The van der Waals surface area contributed by atoms with Gasteiger partial charge in [0, 0.05) is 0 Å². The predicted molar refractivity (Wildman–Crippen MR) is 83.2 cm³/mol. The van der Waals surface area contributed by atoms with Gasteiger partial charge < -0.3 is 0 Å². The number of benzene rings is 1. The van der Waals surface area contributed by atoms with Gasteiger partial charge in [-0.25, -0.2) is 0 Å². The summed E-state index contributed by atoms with van der Waals surface area (Å²) in [7, 11) is -3.80. The number of carbonyl (C=O) groups is 1. The first kappa shape index (κ1) is 15.4. The van der Waals surface area contributed by atoms with E-state index < -0.39 is 10.0 Å². The van der Waals surface area contributed by atoms with Crippen molar-refractivity contribution in [1.82, 2.24) is 0 Å². The fourth-order valence-electron chi connectivity index (χ4n) is 2.45. The molecule has 0 aromatic heterocycles. The van der Waals surface area contributed by atoms with E-state index in [1.54, 1.807) is 20.8 Å².